The van der Waals surface area contributed by atoms with E-state index in [0.29, 0.717) is 10.6 Å². The second-order valence-electron chi connectivity index (χ2n) is 4.79. The highest BCUT2D eigenvalue weighted by Gasteiger charge is 2.20. The van der Waals surface area contributed by atoms with Gasteiger partial charge >= 0.3 is 5.97 Å². The van der Waals surface area contributed by atoms with E-state index in [-0.39, 0.29) is 18.9 Å². The van der Waals surface area contributed by atoms with Crippen LogP contribution < -0.4 is 4.90 Å². The molecule has 0 aliphatic rings. The standard InChI is InChI=1S/C16H17NO3S/c1-11-10-14(21-12(11)2)16(20)17(9-8-15(18)19)13-6-4-3-5-7-13/h3-7,10H,8-9H2,1-2H3,(H,18,19). The van der Waals surface area contributed by atoms with E-state index in [4.69, 9.17) is 5.11 Å². The van der Waals surface area contributed by atoms with Gasteiger partial charge in [-0.2, -0.15) is 0 Å². The Morgan fingerprint density at radius 3 is 2.38 bits per heavy atom. The first-order chi connectivity index (χ1) is 9.99. The molecule has 110 valence electrons. The van der Waals surface area contributed by atoms with Crippen molar-refractivity contribution >= 4 is 28.9 Å². The molecule has 1 N–H and O–H groups in total. The van der Waals surface area contributed by atoms with E-state index in [1.807, 2.05) is 50.2 Å². The first-order valence-corrected chi connectivity index (χ1v) is 7.46. The summed E-state index contributed by atoms with van der Waals surface area (Å²) >= 11 is 1.44. The van der Waals surface area contributed by atoms with Crippen LogP contribution in [0.25, 0.3) is 0 Å². The Balaban J connectivity index is 2.30. The lowest BCUT2D eigenvalue weighted by Gasteiger charge is -2.21. The molecule has 1 aromatic carbocycles. The zero-order chi connectivity index (χ0) is 15.4. The van der Waals surface area contributed by atoms with E-state index in [2.05, 4.69) is 0 Å². The molecular formula is C16H17NO3S. The van der Waals surface area contributed by atoms with Crippen LogP contribution in [0, 0.1) is 13.8 Å². The Hall–Kier alpha value is -2.14. The summed E-state index contributed by atoms with van der Waals surface area (Å²) in [5.41, 5.74) is 1.79. The number of anilines is 1. The number of rotatable bonds is 5. The third-order valence-corrected chi connectivity index (χ3v) is 4.38. The third-order valence-electron chi connectivity index (χ3n) is 3.24. The van der Waals surface area contributed by atoms with Gasteiger partial charge in [-0.25, -0.2) is 0 Å². The highest BCUT2D eigenvalue weighted by molar-refractivity contribution is 7.14. The molecule has 0 fully saturated rings. The maximum absolute atomic E-state index is 12.7. The summed E-state index contributed by atoms with van der Waals surface area (Å²) in [6.45, 7) is 4.10. The number of nitrogens with zero attached hydrogens (tertiary/aromatic N) is 1. The topological polar surface area (TPSA) is 57.6 Å². The first kappa shape index (κ1) is 15.3. The predicted octanol–water partition coefficient (Wildman–Crippen LogP) is 3.49. The summed E-state index contributed by atoms with van der Waals surface area (Å²) in [4.78, 5) is 26.8. The van der Waals surface area contributed by atoms with E-state index >= 15 is 0 Å². The van der Waals surface area contributed by atoms with Crippen LogP contribution in [0.3, 0.4) is 0 Å². The molecule has 1 aromatic heterocycles. The zero-order valence-electron chi connectivity index (χ0n) is 12.0. The number of para-hydroxylation sites is 1. The maximum atomic E-state index is 12.7. The number of amides is 1. The molecule has 0 spiro atoms. The molecule has 0 bridgehead atoms. The van der Waals surface area contributed by atoms with Crippen molar-refractivity contribution in [3.8, 4) is 0 Å². The highest BCUT2D eigenvalue weighted by Crippen LogP contribution is 2.24. The van der Waals surface area contributed by atoms with Crippen LogP contribution in [-0.2, 0) is 4.79 Å². The summed E-state index contributed by atoms with van der Waals surface area (Å²) in [5, 5.41) is 8.87. The lowest BCUT2D eigenvalue weighted by molar-refractivity contribution is -0.136. The molecule has 0 unspecified atom stereocenters. The summed E-state index contributed by atoms with van der Waals surface area (Å²) in [7, 11) is 0. The number of thiophene rings is 1. The molecule has 1 heterocycles. The van der Waals surface area contributed by atoms with Gasteiger partial charge < -0.3 is 10.0 Å². The summed E-state index contributed by atoms with van der Waals surface area (Å²) in [6, 6.07) is 11.0. The Morgan fingerprint density at radius 2 is 1.86 bits per heavy atom. The minimum atomic E-state index is -0.915. The van der Waals surface area contributed by atoms with Gasteiger partial charge in [0.05, 0.1) is 11.3 Å². The van der Waals surface area contributed by atoms with Gasteiger partial charge in [0.2, 0.25) is 0 Å². The fourth-order valence-corrected chi connectivity index (χ4v) is 2.96. The number of benzene rings is 1. The monoisotopic (exact) mass is 303 g/mol. The van der Waals surface area contributed by atoms with Gasteiger partial charge in [-0.1, -0.05) is 18.2 Å². The fraction of sp³-hybridized carbons (Fsp3) is 0.250. The van der Waals surface area contributed by atoms with Crippen LogP contribution in [-0.4, -0.2) is 23.5 Å². The third kappa shape index (κ3) is 3.70. The van der Waals surface area contributed by atoms with Crippen LogP contribution in [0.4, 0.5) is 5.69 Å². The highest BCUT2D eigenvalue weighted by atomic mass is 32.1. The van der Waals surface area contributed by atoms with Crippen molar-refractivity contribution in [2.45, 2.75) is 20.3 Å². The molecule has 0 aliphatic carbocycles. The van der Waals surface area contributed by atoms with Crippen molar-refractivity contribution in [2.75, 3.05) is 11.4 Å². The molecule has 0 radical (unpaired) electrons. The smallest absolute Gasteiger partial charge is 0.305 e. The quantitative estimate of drug-likeness (QED) is 0.920. The lowest BCUT2D eigenvalue weighted by Crippen LogP contribution is -2.32. The van der Waals surface area contributed by atoms with Gasteiger partial charge in [0.25, 0.3) is 5.91 Å². The number of carbonyl (C=O) groups excluding carboxylic acids is 1. The van der Waals surface area contributed by atoms with Crippen molar-refractivity contribution < 1.29 is 14.7 Å². The van der Waals surface area contributed by atoms with Crippen LogP contribution in [0.15, 0.2) is 36.4 Å². The average Bonchev–Trinajstić information content (AvgIpc) is 2.79. The predicted molar refractivity (Wildman–Crippen MR) is 84.2 cm³/mol. The van der Waals surface area contributed by atoms with Crippen molar-refractivity contribution in [1.29, 1.82) is 0 Å². The number of hydrogen-bond acceptors (Lipinski definition) is 3. The summed E-state index contributed by atoms with van der Waals surface area (Å²) in [6.07, 6.45) is -0.0794. The van der Waals surface area contributed by atoms with Crippen molar-refractivity contribution in [1.82, 2.24) is 0 Å². The zero-order valence-corrected chi connectivity index (χ0v) is 12.8. The van der Waals surface area contributed by atoms with Crippen LogP contribution in [0.2, 0.25) is 0 Å². The molecule has 21 heavy (non-hydrogen) atoms. The normalized spacial score (nSPS) is 10.4. The molecule has 1 amide bonds. The average molecular weight is 303 g/mol. The van der Waals surface area contributed by atoms with Crippen LogP contribution >= 0.6 is 11.3 Å². The number of hydrogen-bond donors (Lipinski definition) is 1. The molecule has 0 atom stereocenters. The number of carboxylic acids is 1. The number of aliphatic carboxylic acids is 1. The Labute approximate surface area is 127 Å². The molecule has 5 heteroatoms. The van der Waals surface area contributed by atoms with Crippen molar-refractivity contribution in [2.24, 2.45) is 0 Å². The molecular weight excluding hydrogens is 286 g/mol. The van der Waals surface area contributed by atoms with E-state index in [0.717, 1.165) is 10.4 Å². The van der Waals surface area contributed by atoms with Gasteiger partial charge in [-0.05, 0) is 37.6 Å². The Morgan fingerprint density at radius 1 is 1.19 bits per heavy atom. The van der Waals surface area contributed by atoms with Crippen molar-refractivity contribution in [3.05, 3.63) is 51.7 Å². The summed E-state index contributed by atoms with van der Waals surface area (Å²) in [5.74, 6) is -1.06. The molecule has 4 nitrogen and oxygen atoms in total. The number of aryl methyl sites for hydroxylation is 2. The second kappa shape index (κ2) is 6.54. The SMILES string of the molecule is Cc1cc(C(=O)N(CCC(=O)O)c2ccccc2)sc1C. The Kier molecular flexibility index (Phi) is 4.75. The maximum Gasteiger partial charge on any atom is 0.305 e. The van der Waals surface area contributed by atoms with Crippen molar-refractivity contribution in [3.63, 3.8) is 0 Å². The molecule has 0 saturated carbocycles. The first-order valence-electron chi connectivity index (χ1n) is 6.65. The van der Waals surface area contributed by atoms with Gasteiger partial charge in [0.1, 0.15) is 0 Å². The largest absolute Gasteiger partial charge is 0.481 e. The van der Waals surface area contributed by atoms with Crippen LogP contribution in [0.1, 0.15) is 26.5 Å². The van der Waals surface area contributed by atoms with Gasteiger partial charge in [-0.3, -0.25) is 9.59 Å². The van der Waals surface area contributed by atoms with Crippen LogP contribution in [0.5, 0.6) is 0 Å². The minimum Gasteiger partial charge on any atom is -0.481 e. The lowest BCUT2D eigenvalue weighted by atomic mass is 10.2. The number of carbonyl (C=O) groups is 2. The van der Waals surface area contributed by atoms with Gasteiger partial charge in [-0.15, -0.1) is 11.3 Å². The minimum absolute atomic E-state index is 0.0794. The van der Waals surface area contributed by atoms with E-state index in [1.165, 1.54) is 16.2 Å². The summed E-state index contributed by atoms with van der Waals surface area (Å²) < 4.78 is 0. The number of carboxylic acid groups (broad SMARTS) is 1. The van der Waals surface area contributed by atoms with Gasteiger partial charge in [0.15, 0.2) is 0 Å². The molecule has 2 aromatic rings. The van der Waals surface area contributed by atoms with E-state index < -0.39 is 5.97 Å². The molecule has 0 aliphatic heterocycles. The van der Waals surface area contributed by atoms with Gasteiger partial charge in [0, 0.05) is 17.1 Å². The van der Waals surface area contributed by atoms with E-state index in [1.54, 1.807) is 0 Å². The second-order valence-corrected chi connectivity index (χ2v) is 6.04. The molecule has 0 saturated heterocycles. The Bertz CT molecular complexity index is 629. The molecule has 2 rings (SSSR count). The fourth-order valence-electron chi connectivity index (χ4n) is 1.97. The van der Waals surface area contributed by atoms with E-state index in [9.17, 15) is 9.59 Å².